The van der Waals surface area contributed by atoms with E-state index in [1.807, 2.05) is 11.9 Å². The van der Waals surface area contributed by atoms with Crippen LogP contribution in [0.25, 0.3) is 0 Å². The van der Waals surface area contributed by atoms with Gasteiger partial charge in [0.1, 0.15) is 10.3 Å². The standard InChI is InChI=1S/C13H15ClN2O3S/c1-15-4-8-5-16(7-13(8,6-15)12(18)19)11(17)10-9(14)2-3-20-10/h2-3,8H,4-7H2,1H3,(H,18,19)/t8?,13-/m0/s1. The molecular weight excluding hydrogens is 300 g/mol. The average molecular weight is 315 g/mol. The lowest BCUT2D eigenvalue weighted by Gasteiger charge is -2.24. The fraction of sp³-hybridized carbons (Fsp3) is 0.538. The van der Waals surface area contributed by atoms with Crippen LogP contribution < -0.4 is 0 Å². The molecule has 2 fully saturated rings. The van der Waals surface area contributed by atoms with Crippen LogP contribution in [0.5, 0.6) is 0 Å². The molecule has 2 aliphatic rings. The number of likely N-dealkylation sites (tertiary alicyclic amines) is 2. The van der Waals surface area contributed by atoms with Crippen LogP contribution in [-0.4, -0.2) is 60.0 Å². The number of aliphatic carboxylic acids is 1. The molecule has 3 heterocycles. The van der Waals surface area contributed by atoms with E-state index in [0.29, 0.717) is 29.5 Å². The Hall–Kier alpha value is -1.11. The van der Waals surface area contributed by atoms with E-state index < -0.39 is 11.4 Å². The van der Waals surface area contributed by atoms with Gasteiger partial charge in [-0.15, -0.1) is 11.3 Å². The van der Waals surface area contributed by atoms with E-state index in [1.54, 1.807) is 16.3 Å². The van der Waals surface area contributed by atoms with Gasteiger partial charge in [0.05, 0.1) is 5.02 Å². The lowest BCUT2D eigenvalue weighted by Crippen LogP contribution is -2.41. The van der Waals surface area contributed by atoms with E-state index in [1.165, 1.54) is 11.3 Å². The number of nitrogens with zero attached hydrogens (tertiary/aromatic N) is 2. The van der Waals surface area contributed by atoms with Gasteiger partial charge in [0.25, 0.3) is 5.91 Å². The summed E-state index contributed by atoms with van der Waals surface area (Å²) in [6.45, 7) is 1.97. The summed E-state index contributed by atoms with van der Waals surface area (Å²) in [5.74, 6) is -0.963. The first-order chi connectivity index (χ1) is 9.44. The quantitative estimate of drug-likeness (QED) is 0.898. The highest BCUT2D eigenvalue weighted by atomic mass is 35.5. The largest absolute Gasteiger partial charge is 0.481 e. The smallest absolute Gasteiger partial charge is 0.313 e. The maximum atomic E-state index is 12.5. The van der Waals surface area contributed by atoms with E-state index in [9.17, 15) is 14.7 Å². The number of hydrogen-bond donors (Lipinski definition) is 1. The molecule has 2 aliphatic heterocycles. The third-order valence-corrected chi connectivity index (χ3v) is 5.63. The van der Waals surface area contributed by atoms with Crippen LogP contribution in [0.4, 0.5) is 0 Å². The Balaban J connectivity index is 1.85. The monoisotopic (exact) mass is 314 g/mol. The lowest BCUT2D eigenvalue weighted by atomic mass is 9.81. The van der Waals surface area contributed by atoms with Crippen molar-refractivity contribution in [1.29, 1.82) is 0 Å². The molecule has 108 valence electrons. The van der Waals surface area contributed by atoms with Gasteiger partial charge < -0.3 is 14.9 Å². The summed E-state index contributed by atoms with van der Waals surface area (Å²) in [5, 5.41) is 11.8. The Morgan fingerprint density at radius 2 is 2.20 bits per heavy atom. The van der Waals surface area contributed by atoms with Crippen molar-refractivity contribution in [2.24, 2.45) is 11.3 Å². The zero-order valence-electron chi connectivity index (χ0n) is 11.0. The van der Waals surface area contributed by atoms with Crippen molar-refractivity contribution >= 4 is 34.8 Å². The average Bonchev–Trinajstić information content (AvgIpc) is 3.00. The summed E-state index contributed by atoms with van der Waals surface area (Å²) in [5.41, 5.74) is -0.825. The van der Waals surface area contributed by atoms with E-state index >= 15 is 0 Å². The number of carboxylic acid groups (broad SMARTS) is 1. The van der Waals surface area contributed by atoms with E-state index in [0.717, 1.165) is 0 Å². The second-order valence-corrected chi connectivity index (χ2v) is 6.96. The van der Waals surface area contributed by atoms with Crippen LogP contribution >= 0.6 is 22.9 Å². The SMILES string of the molecule is CN1CC2CN(C(=O)c3sccc3Cl)C[C@@]2(C(=O)O)C1. The molecule has 3 rings (SSSR count). The number of halogens is 1. The Labute approximate surface area is 125 Å². The number of fused-ring (bicyclic) bond motifs is 1. The molecule has 20 heavy (non-hydrogen) atoms. The lowest BCUT2D eigenvalue weighted by molar-refractivity contribution is -0.148. The van der Waals surface area contributed by atoms with Crippen molar-refractivity contribution in [3.63, 3.8) is 0 Å². The van der Waals surface area contributed by atoms with Crippen LogP contribution in [-0.2, 0) is 4.79 Å². The topological polar surface area (TPSA) is 60.9 Å². The summed E-state index contributed by atoms with van der Waals surface area (Å²) < 4.78 is 0. The zero-order chi connectivity index (χ0) is 14.5. The van der Waals surface area contributed by atoms with Crippen LogP contribution in [0.1, 0.15) is 9.67 Å². The summed E-state index contributed by atoms with van der Waals surface area (Å²) in [6, 6.07) is 1.69. The Bertz CT molecular complexity index is 576. The van der Waals surface area contributed by atoms with Crippen molar-refractivity contribution in [1.82, 2.24) is 9.80 Å². The molecule has 0 radical (unpaired) electrons. The number of thiophene rings is 1. The molecule has 0 bridgehead atoms. The van der Waals surface area contributed by atoms with Gasteiger partial charge in [0.15, 0.2) is 0 Å². The molecule has 7 heteroatoms. The number of carbonyl (C=O) groups is 2. The predicted molar refractivity (Wildman–Crippen MR) is 76.3 cm³/mol. The molecule has 1 aromatic rings. The van der Waals surface area contributed by atoms with Gasteiger partial charge in [0.2, 0.25) is 0 Å². The first-order valence-corrected chi connectivity index (χ1v) is 7.64. The van der Waals surface area contributed by atoms with Crippen LogP contribution in [0.2, 0.25) is 5.02 Å². The highest BCUT2D eigenvalue weighted by molar-refractivity contribution is 7.12. The molecule has 0 saturated carbocycles. The first kappa shape index (κ1) is 13.9. The van der Waals surface area contributed by atoms with Crippen molar-refractivity contribution in [3.05, 3.63) is 21.3 Å². The van der Waals surface area contributed by atoms with Crippen LogP contribution in [0.3, 0.4) is 0 Å². The van der Waals surface area contributed by atoms with Crippen LogP contribution in [0.15, 0.2) is 11.4 Å². The van der Waals surface area contributed by atoms with Crippen LogP contribution in [0, 0.1) is 11.3 Å². The number of hydrogen-bond acceptors (Lipinski definition) is 4. The number of rotatable bonds is 2. The first-order valence-electron chi connectivity index (χ1n) is 6.38. The molecule has 2 saturated heterocycles. The van der Waals surface area contributed by atoms with Gasteiger partial charge in [-0.25, -0.2) is 0 Å². The number of carbonyl (C=O) groups excluding carboxylic acids is 1. The predicted octanol–water partition coefficient (Wildman–Crippen LogP) is 1.49. The Kier molecular flexibility index (Phi) is 3.27. The Morgan fingerprint density at radius 3 is 2.75 bits per heavy atom. The van der Waals surface area contributed by atoms with Gasteiger partial charge in [-0.2, -0.15) is 0 Å². The fourth-order valence-electron chi connectivity index (χ4n) is 3.36. The maximum absolute atomic E-state index is 12.5. The van der Waals surface area contributed by atoms with Gasteiger partial charge in [-0.3, -0.25) is 9.59 Å². The minimum atomic E-state index is -0.825. The molecule has 1 aromatic heterocycles. The van der Waals surface area contributed by atoms with Gasteiger partial charge >= 0.3 is 5.97 Å². The minimum absolute atomic E-state index is 0.00677. The van der Waals surface area contributed by atoms with Crippen molar-refractivity contribution in [3.8, 4) is 0 Å². The molecule has 2 atom stereocenters. The molecule has 5 nitrogen and oxygen atoms in total. The zero-order valence-corrected chi connectivity index (χ0v) is 12.6. The van der Waals surface area contributed by atoms with E-state index in [2.05, 4.69) is 0 Å². The molecule has 1 amide bonds. The maximum Gasteiger partial charge on any atom is 0.313 e. The molecular formula is C13H15ClN2O3S. The molecule has 1 N–H and O–H groups in total. The summed E-state index contributed by atoms with van der Waals surface area (Å²) in [7, 11) is 1.92. The highest BCUT2D eigenvalue weighted by Gasteiger charge is 2.57. The number of carboxylic acids is 1. The second-order valence-electron chi connectivity index (χ2n) is 5.64. The summed E-state index contributed by atoms with van der Waals surface area (Å²) in [4.78, 5) is 28.3. The van der Waals surface area contributed by atoms with Crippen molar-refractivity contribution in [2.45, 2.75) is 0 Å². The van der Waals surface area contributed by atoms with Crippen molar-refractivity contribution < 1.29 is 14.7 Å². The van der Waals surface area contributed by atoms with Crippen molar-refractivity contribution in [2.75, 3.05) is 33.2 Å². The highest BCUT2D eigenvalue weighted by Crippen LogP contribution is 2.43. The third-order valence-electron chi connectivity index (χ3n) is 4.30. The minimum Gasteiger partial charge on any atom is -0.481 e. The summed E-state index contributed by atoms with van der Waals surface area (Å²) in [6.07, 6.45) is 0. The summed E-state index contributed by atoms with van der Waals surface area (Å²) >= 11 is 7.29. The molecule has 1 unspecified atom stereocenters. The normalized spacial score (nSPS) is 29.7. The molecule has 0 spiro atoms. The molecule has 0 aromatic carbocycles. The van der Waals surface area contributed by atoms with E-state index in [-0.39, 0.29) is 18.4 Å². The number of amides is 1. The van der Waals surface area contributed by atoms with Gasteiger partial charge in [-0.1, -0.05) is 11.6 Å². The molecule has 0 aliphatic carbocycles. The fourth-order valence-corrected chi connectivity index (χ4v) is 4.47. The van der Waals surface area contributed by atoms with Gasteiger partial charge in [-0.05, 0) is 18.5 Å². The van der Waals surface area contributed by atoms with Gasteiger partial charge in [0, 0.05) is 32.1 Å². The Morgan fingerprint density at radius 1 is 1.45 bits per heavy atom. The third kappa shape index (κ3) is 1.94. The second kappa shape index (κ2) is 4.72. The van der Waals surface area contributed by atoms with E-state index in [4.69, 9.17) is 11.6 Å².